The molecule has 1 aliphatic rings. The van der Waals surface area contributed by atoms with Crippen molar-refractivity contribution in [1.82, 2.24) is 9.78 Å². The molecule has 3 aromatic carbocycles. The fraction of sp³-hybridized carbons (Fsp3) is 0.160. The van der Waals surface area contributed by atoms with Gasteiger partial charge in [-0.2, -0.15) is 5.10 Å². The van der Waals surface area contributed by atoms with Gasteiger partial charge in [0.15, 0.2) is 11.5 Å². The Balaban J connectivity index is 1.33. The first kappa shape index (κ1) is 18.5. The van der Waals surface area contributed by atoms with Gasteiger partial charge in [0.05, 0.1) is 12.1 Å². The fourth-order valence-electron chi connectivity index (χ4n) is 3.76. The van der Waals surface area contributed by atoms with Crippen LogP contribution in [0.4, 0.5) is 0 Å². The van der Waals surface area contributed by atoms with Crippen molar-refractivity contribution >= 4 is 0 Å². The van der Waals surface area contributed by atoms with E-state index in [9.17, 15) is 0 Å². The van der Waals surface area contributed by atoms with E-state index >= 15 is 0 Å². The molecular weight excluding hydrogens is 374 g/mol. The van der Waals surface area contributed by atoms with Crippen molar-refractivity contribution in [3.05, 3.63) is 102 Å². The van der Waals surface area contributed by atoms with E-state index in [4.69, 9.17) is 14.6 Å². The first-order valence-corrected chi connectivity index (χ1v) is 10.2. The van der Waals surface area contributed by atoms with Gasteiger partial charge in [-0.15, -0.1) is 0 Å². The number of benzene rings is 3. The molecule has 0 bridgehead atoms. The molecule has 0 radical (unpaired) electrons. The standard InChI is InChI=1S/C25H23N3O2/c1-3-7-19(8-4-1)16-28-17-22(25(27-28)21-9-5-2-6-10-21)15-26-14-20-11-12-23-24(13-20)30-18-29-23/h1-13,17,26H,14-16,18H2/p+1. The molecule has 0 aliphatic carbocycles. The maximum absolute atomic E-state index is 5.49. The first-order valence-electron chi connectivity index (χ1n) is 10.2. The summed E-state index contributed by atoms with van der Waals surface area (Å²) in [6.07, 6.45) is 2.17. The average Bonchev–Trinajstić information content (AvgIpc) is 3.42. The van der Waals surface area contributed by atoms with Crippen molar-refractivity contribution in [3.63, 3.8) is 0 Å². The summed E-state index contributed by atoms with van der Waals surface area (Å²) in [7, 11) is 0. The summed E-state index contributed by atoms with van der Waals surface area (Å²) in [5, 5.41) is 7.21. The van der Waals surface area contributed by atoms with Crippen LogP contribution < -0.4 is 14.8 Å². The highest BCUT2D eigenvalue weighted by molar-refractivity contribution is 5.62. The molecule has 0 fully saturated rings. The average molecular weight is 398 g/mol. The van der Waals surface area contributed by atoms with E-state index in [1.807, 2.05) is 22.9 Å². The molecule has 0 amide bonds. The van der Waals surface area contributed by atoms with Gasteiger partial charge in [-0.1, -0.05) is 60.7 Å². The van der Waals surface area contributed by atoms with Crippen molar-refractivity contribution < 1.29 is 14.8 Å². The number of quaternary nitrogens is 1. The van der Waals surface area contributed by atoms with Gasteiger partial charge in [0.2, 0.25) is 6.79 Å². The van der Waals surface area contributed by atoms with Crippen LogP contribution in [0, 0.1) is 0 Å². The zero-order chi connectivity index (χ0) is 20.2. The number of nitrogens with zero attached hydrogens (tertiary/aromatic N) is 2. The van der Waals surface area contributed by atoms with Gasteiger partial charge in [-0.3, -0.25) is 4.68 Å². The molecule has 2 heterocycles. The van der Waals surface area contributed by atoms with E-state index in [-0.39, 0.29) is 0 Å². The lowest BCUT2D eigenvalue weighted by Gasteiger charge is -2.04. The van der Waals surface area contributed by atoms with Crippen molar-refractivity contribution in [1.29, 1.82) is 0 Å². The molecule has 5 rings (SSSR count). The van der Waals surface area contributed by atoms with Crippen LogP contribution >= 0.6 is 0 Å². The SMILES string of the molecule is c1ccc(Cn2cc(C[NH2+]Cc3ccc4c(c3)OCO4)c(-c3ccccc3)n2)cc1. The molecule has 1 aromatic heterocycles. The Morgan fingerprint density at radius 3 is 2.40 bits per heavy atom. The Morgan fingerprint density at radius 2 is 1.57 bits per heavy atom. The molecule has 150 valence electrons. The van der Waals surface area contributed by atoms with Crippen LogP contribution in [-0.2, 0) is 19.6 Å². The number of hydrogen-bond donors (Lipinski definition) is 1. The number of aromatic nitrogens is 2. The Labute approximate surface area is 175 Å². The highest BCUT2D eigenvalue weighted by Gasteiger charge is 2.15. The molecule has 4 aromatic rings. The van der Waals surface area contributed by atoms with Gasteiger partial charge in [0.25, 0.3) is 0 Å². The zero-order valence-corrected chi connectivity index (χ0v) is 16.7. The second kappa shape index (κ2) is 8.43. The van der Waals surface area contributed by atoms with Crippen LogP contribution in [0.3, 0.4) is 0 Å². The van der Waals surface area contributed by atoms with Crippen LogP contribution in [0.1, 0.15) is 16.7 Å². The summed E-state index contributed by atoms with van der Waals surface area (Å²) >= 11 is 0. The Bertz CT molecular complexity index is 1120. The number of rotatable bonds is 7. The van der Waals surface area contributed by atoms with Crippen LogP contribution in [-0.4, -0.2) is 16.6 Å². The minimum absolute atomic E-state index is 0.309. The van der Waals surface area contributed by atoms with E-state index in [1.54, 1.807) is 0 Å². The zero-order valence-electron chi connectivity index (χ0n) is 16.7. The molecule has 30 heavy (non-hydrogen) atoms. The lowest BCUT2D eigenvalue weighted by molar-refractivity contribution is -0.686. The molecule has 0 saturated heterocycles. The minimum atomic E-state index is 0.309. The monoisotopic (exact) mass is 398 g/mol. The van der Waals surface area contributed by atoms with Crippen molar-refractivity contribution in [3.8, 4) is 22.8 Å². The van der Waals surface area contributed by atoms with Gasteiger partial charge in [-0.05, 0) is 23.8 Å². The summed E-state index contributed by atoms with van der Waals surface area (Å²) in [5.74, 6) is 1.66. The number of ether oxygens (including phenoxy) is 2. The van der Waals surface area contributed by atoms with Crippen LogP contribution in [0.2, 0.25) is 0 Å². The summed E-state index contributed by atoms with van der Waals surface area (Å²) in [6, 6.07) is 27.0. The first-order chi connectivity index (χ1) is 14.8. The summed E-state index contributed by atoms with van der Waals surface area (Å²) in [4.78, 5) is 0. The second-order valence-corrected chi connectivity index (χ2v) is 7.44. The quantitative estimate of drug-likeness (QED) is 0.518. The molecule has 1 aliphatic heterocycles. The molecule has 0 atom stereocenters. The molecule has 0 unspecified atom stereocenters. The van der Waals surface area contributed by atoms with Crippen molar-refractivity contribution in [2.45, 2.75) is 19.6 Å². The number of hydrogen-bond acceptors (Lipinski definition) is 3. The van der Waals surface area contributed by atoms with Crippen LogP contribution in [0.15, 0.2) is 85.1 Å². The molecule has 5 nitrogen and oxygen atoms in total. The van der Waals surface area contributed by atoms with E-state index in [2.05, 4.69) is 72.2 Å². The molecule has 2 N–H and O–H groups in total. The number of nitrogens with two attached hydrogens (primary N) is 1. The lowest BCUT2D eigenvalue weighted by Crippen LogP contribution is -2.80. The van der Waals surface area contributed by atoms with Gasteiger partial charge in [-0.25, -0.2) is 0 Å². The van der Waals surface area contributed by atoms with Crippen molar-refractivity contribution in [2.75, 3.05) is 6.79 Å². The maximum Gasteiger partial charge on any atom is 0.231 e. The minimum Gasteiger partial charge on any atom is -0.454 e. The fourth-order valence-corrected chi connectivity index (χ4v) is 3.76. The third kappa shape index (κ3) is 4.07. The molecule has 5 heteroatoms. The lowest BCUT2D eigenvalue weighted by atomic mass is 10.1. The largest absolute Gasteiger partial charge is 0.454 e. The van der Waals surface area contributed by atoms with Crippen LogP contribution in [0.25, 0.3) is 11.3 Å². The summed E-state index contributed by atoms with van der Waals surface area (Å²) in [6.45, 7) is 2.80. The maximum atomic E-state index is 5.49. The van der Waals surface area contributed by atoms with E-state index in [0.717, 1.165) is 42.4 Å². The molecule has 0 saturated carbocycles. The predicted octanol–water partition coefficient (Wildman–Crippen LogP) is 3.59. The van der Waals surface area contributed by atoms with Gasteiger partial charge >= 0.3 is 0 Å². The highest BCUT2D eigenvalue weighted by atomic mass is 16.7. The van der Waals surface area contributed by atoms with Crippen LogP contribution in [0.5, 0.6) is 11.5 Å². The summed E-state index contributed by atoms with van der Waals surface area (Å²) in [5.41, 5.74) is 5.90. The van der Waals surface area contributed by atoms with E-state index in [0.29, 0.717) is 6.79 Å². The Kier molecular flexibility index (Phi) is 5.19. The number of fused-ring (bicyclic) bond motifs is 1. The topological polar surface area (TPSA) is 52.9 Å². The van der Waals surface area contributed by atoms with Crippen molar-refractivity contribution in [2.24, 2.45) is 0 Å². The summed E-state index contributed by atoms with van der Waals surface area (Å²) < 4.78 is 12.9. The highest BCUT2D eigenvalue weighted by Crippen LogP contribution is 2.32. The molecule has 0 spiro atoms. The van der Waals surface area contributed by atoms with Gasteiger partial charge in [0.1, 0.15) is 18.8 Å². The smallest absolute Gasteiger partial charge is 0.231 e. The predicted molar refractivity (Wildman–Crippen MR) is 115 cm³/mol. The van der Waals surface area contributed by atoms with E-state index in [1.165, 1.54) is 16.7 Å². The van der Waals surface area contributed by atoms with Gasteiger partial charge in [0, 0.05) is 17.3 Å². The normalized spacial score (nSPS) is 12.3. The van der Waals surface area contributed by atoms with E-state index < -0.39 is 0 Å². The Hall–Kier alpha value is -3.57. The van der Waals surface area contributed by atoms with Gasteiger partial charge < -0.3 is 14.8 Å². The molecular formula is C25H24N3O2+. The third-order valence-corrected chi connectivity index (χ3v) is 5.25. The third-order valence-electron chi connectivity index (χ3n) is 5.25. The second-order valence-electron chi connectivity index (χ2n) is 7.44. The Morgan fingerprint density at radius 1 is 0.800 bits per heavy atom.